The van der Waals surface area contributed by atoms with Crippen LogP contribution in [-0.4, -0.2) is 38.7 Å². The zero-order chi connectivity index (χ0) is 14.1. The van der Waals surface area contributed by atoms with Gasteiger partial charge in [0.25, 0.3) is 0 Å². The van der Waals surface area contributed by atoms with Crippen molar-refractivity contribution in [3.63, 3.8) is 0 Å². The van der Waals surface area contributed by atoms with Crippen LogP contribution in [0.3, 0.4) is 0 Å². The van der Waals surface area contributed by atoms with Crippen LogP contribution in [0, 0.1) is 11.8 Å². The highest BCUT2D eigenvalue weighted by Crippen LogP contribution is 2.42. The highest BCUT2D eigenvalue weighted by Gasteiger charge is 2.47. The van der Waals surface area contributed by atoms with E-state index in [1.165, 1.54) is 0 Å². The maximum absolute atomic E-state index is 11.5. The minimum Gasteiger partial charge on any atom is -0.480 e. The topological polar surface area (TPSA) is 79.5 Å². The molecule has 110 valence electrons. The number of likely N-dealkylation sites (tertiary alicyclic amines) is 1. The van der Waals surface area contributed by atoms with Gasteiger partial charge in [-0.3, -0.25) is 9.69 Å². The molecule has 0 bridgehead atoms. The predicted octanol–water partition coefficient (Wildman–Crippen LogP) is 1.71. The molecule has 1 aliphatic carbocycles. The number of aromatic nitrogens is 2. The number of fused-ring (bicyclic) bond motifs is 1. The molecule has 3 rings (SSSR count). The van der Waals surface area contributed by atoms with E-state index in [0.29, 0.717) is 30.1 Å². The average Bonchev–Trinajstić information content (AvgIpc) is 3.05. The van der Waals surface area contributed by atoms with E-state index in [0.717, 1.165) is 38.6 Å². The number of aryl methyl sites for hydroxylation is 1. The van der Waals surface area contributed by atoms with Crippen LogP contribution >= 0.6 is 0 Å². The van der Waals surface area contributed by atoms with Crippen molar-refractivity contribution in [1.29, 1.82) is 0 Å². The first-order chi connectivity index (χ1) is 9.69. The van der Waals surface area contributed by atoms with Gasteiger partial charge in [0.15, 0.2) is 5.82 Å². The molecule has 2 aliphatic rings. The fourth-order valence-electron chi connectivity index (χ4n) is 3.75. The largest absolute Gasteiger partial charge is 0.480 e. The molecule has 2 heterocycles. The minimum atomic E-state index is -0.715. The number of carboxylic acids is 1. The van der Waals surface area contributed by atoms with Crippen LogP contribution in [0.2, 0.25) is 0 Å². The lowest BCUT2D eigenvalue weighted by Crippen LogP contribution is -2.39. The summed E-state index contributed by atoms with van der Waals surface area (Å²) in [6.07, 6.45) is 5.12. The van der Waals surface area contributed by atoms with Crippen molar-refractivity contribution in [3.05, 3.63) is 11.7 Å². The molecule has 6 heteroatoms. The van der Waals surface area contributed by atoms with Crippen LogP contribution in [-0.2, 0) is 17.8 Å². The molecule has 0 spiro atoms. The van der Waals surface area contributed by atoms with Gasteiger partial charge in [-0.2, -0.15) is 4.98 Å². The van der Waals surface area contributed by atoms with E-state index in [-0.39, 0.29) is 6.04 Å². The Bertz CT molecular complexity index is 488. The first-order valence-electron chi connectivity index (χ1n) is 7.47. The number of aliphatic carboxylic acids is 1. The Morgan fingerprint density at radius 2 is 2.35 bits per heavy atom. The van der Waals surface area contributed by atoms with Crippen molar-refractivity contribution in [2.75, 3.05) is 6.54 Å². The third kappa shape index (κ3) is 2.44. The lowest BCUT2D eigenvalue weighted by molar-refractivity contribution is -0.143. The van der Waals surface area contributed by atoms with Gasteiger partial charge in [-0.1, -0.05) is 18.5 Å². The van der Waals surface area contributed by atoms with E-state index in [1.54, 1.807) is 0 Å². The second kappa shape index (κ2) is 5.52. The molecule has 20 heavy (non-hydrogen) atoms. The molecule has 0 radical (unpaired) electrons. The molecule has 1 aromatic rings. The van der Waals surface area contributed by atoms with E-state index >= 15 is 0 Å². The summed E-state index contributed by atoms with van der Waals surface area (Å²) in [4.78, 5) is 17.9. The van der Waals surface area contributed by atoms with Crippen molar-refractivity contribution >= 4 is 5.97 Å². The molecule has 0 aromatic carbocycles. The number of hydrogen-bond acceptors (Lipinski definition) is 5. The second-order valence-corrected chi connectivity index (χ2v) is 5.92. The van der Waals surface area contributed by atoms with Gasteiger partial charge in [-0.15, -0.1) is 0 Å². The summed E-state index contributed by atoms with van der Waals surface area (Å²) in [5.74, 6) is 1.36. The van der Waals surface area contributed by atoms with Crippen LogP contribution < -0.4 is 0 Å². The Hall–Kier alpha value is -1.43. The van der Waals surface area contributed by atoms with Gasteiger partial charge in [-0.05, 0) is 31.1 Å². The monoisotopic (exact) mass is 279 g/mol. The molecular formula is C14H21N3O3. The Kier molecular flexibility index (Phi) is 3.74. The summed E-state index contributed by atoms with van der Waals surface area (Å²) in [5.41, 5.74) is 0. The lowest BCUT2D eigenvalue weighted by Gasteiger charge is -2.22. The zero-order valence-electron chi connectivity index (χ0n) is 11.8. The van der Waals surface area contributed by atoms with Crippen LogP contribution in [0.1, 0.15) is 44.3 Å². The Labute approximate surface area is 118 Å². The molecule has 3 unspecified atom stereocenters. The van der Waals surface area contributed by atoms with E-state index in [2.05, 4.69) is 17.1 Å². The van der Waals surface area contributed by atoms with Crippen molar-refractivity contribution in [2.24, 2.45) is 11.8 Å². The summed E-state index contributed by atoms with van der Waals surface area (Å²) in [7, 11) is 0. The fraction of sp³-hybridized carbons (Fsp3) is 0.786. The van der Waals surface area contributed by atoms with Gasteiger partial charge in [0.2, 0.25) is 5.89 Å². The van der Waals surface area contributed by atoms with Gasteiger partial charge >= 0.3 is 5.97 Å². The maximum Gasteiger partial charge on any atom is 0.321 e. The molecule has 0 amide bonds. The number of rotatable bonds is 5. The number of hydrogen-bond donors (Lipinski definition) is 1. The molecule has 1 aliphatic heterocycles. The second-order valence-electron chi connectivity index (χ2n) is 5.92. The van der Waals surface area contributed by atoms with Crippen LogP contribution in [0.25, 0.3) is 0 Å². The molecule has 3 atom stereocenters. The van der Waals surface area contributed by atoms with Crippen molar-refractivity contribution < 1.29 is 14.4 Å². The average molecular weight is 279 g/mol. The number of carboxylic acid groups (broad SMARTS) is 1. The van der Waals surface area contributed by atoms with Crippen molar-refractivity contribution in [2.45, 2.75) is 51.6 Å². The van der Waals surface area contributed by atoms with Crippen molar-refractivity contribution in [1.82, 2.24) is 15.0 Å². The van der Waals surface area contributed by atoms with Gasteiger partial charge in [0.1, 0.15) is 6.04 Å². The molecular weight excluding hydrogens is 258 g/mol. The Morgan fingerprint density at radius 3 is 3.10 bits per heavy atom. The molecule has 6 nitrogen and oxygen atoms in total. The number of carbonyl (C=O) groups is 1. The van der Waals surface area contributed by atoms with Gasteiger partial charge in [-0.25, -0.2) is 0 Å². The standard InChI is InChI=1S/C14H21N3O3/c1-2-4-11-15-12(20-16-11)8-17-7-9-5-3-6-10(9)13(17)14(18)19/h9-10,13H,2-8H2,1H3,(H,18,19). The maximum atomic E-state index is 11.5. The van der Waals surface area contributed by atoms with Gasteiger partial charge in [0, 0.05) is 13.0 Å². The Balaban J connectivity index is 1.70. The summed E-state index contributed by atoms with van der Waals surface area (Å²) in [5, 5.41) is 13.4. The zero-order valence-corrected chi connectivity index (χ0v) is 11.8. The minimum absolute atomic E-state index is 0.297. The van der Waals surface area contributed by atoms with Gasteiger partial charge in [0.05, 0.1) is 6.54 Å². The molecule has 1 saturated heterocycles. The highest BCUT2D eigenvalue weighted by molar-refractivity contribution is 5.74. The Morgan fingerprint density at radius 1 is 1.50 bits per heavy atom. The summed E-state index contributed by atoms with van der Waals surface area (Å²) in [6, 6.07) is -0.385. The number of nitrogens with zero attached hydrogens (tertiary/aromatic N) is 3. The predicted molar refractivity (Wildman–Crippen MR) is 71.0 cm³/mol. The molecule has 2 fully saturated rings. The lowest BCUT2D eigenvalue weighted by atomic mass is 9.94. The molecule has 1 N–H and O–H groups in total. The molecule has 1 aromatic heterocycles. The first-order valence-corrected chi connectivity index (χ1v) is 7.47. The summed E-state index contributed by atoms with van der Waals surface area (Å²) < 4.78 is 5.23. The van der Waals surface area contributed by atoms with E-state index in [1.807, 2.05) is 4.90 Å². The van der Waals surface area contributed by atoms with Crippen LogP contribution in [0.15, 0.2) is 4.52 Å². The van der Waals surface area contributed by atoms with E-state index < -0.39 is 5.97 Å². The highest BCUT2D eigenvalue weighted by atomic mass is 16.5. The van der Waals surface area contributed by atoms with E-state index in [4.69, 9.17) is 4.52 Å². The smallest absolute Gasteiger partial charge is 0.321 e. The SMILES string of the molecule is CCCc1noc(CN2CC3CCCC3C2C(=O)O)n1. The third-order valence-corrected chi connectivity index (χ3v) is 4.56. The van der Waals surface area contributed by atoms with Gasteiger partial charge < -0.3 is 9.63 Å². The first kappa shape index (κ1) is 13.5. The van der Waals surface area contributed by atoms with Crippen LogP contribution in [0.4, 0.5) is 0 Å². The fourth-order valence-corrected chi connectivity index (χ4v) is 3.75. The summed E-state index contributed by atoms with van der Waals surface area (Å²) >= 11 is 0. The molecule has 1 saturated carbocycles. The normalized spacial score (nSPS) is 29.8. The van der Waals surface area contributed by atoms with Crippen LogP contribution in [0.5, 0.6) is 0 Å². The quantitative estimate of drug-likeness (QED) is 0.883. The third-order valence-electron chi connectivity index (χ3n) is 4.56. The summed E-state index contributed by atoms with van der Waals surface area (Å²) in [6.45, 7) is 3.37. The van der Waals surface area contributed by atoms with E-state index in [9.17, 15) is 9.90 Å². The van der Waals surface area contributed by atoms with Crippen molar-refractivity contribution in [3.8, 4) is 0 Å².